The number of hydrogen-bond acceptors (Lipinski definition) is 3. The molecule has 2 heterocycles. The number of rotatable bonds is 5. The Morgan fingerprint density at radius 1 is 1.21 bits per heavy atom. The van der Waals surface area contributed by atoms with E-state index < -0.39 is 0 Å². The van der Waals surface area contributed by atoms with Gasteiger partial charge >= 0.3 is 0 Å². The number of carbonyl (C=O) groups is 1. The van der Waals surface area contributed by atoms with Gasteiger partial charge in [0.2, 0.25) is 0 Å². The molecule has 0 saturated carbocycles. The molecule has 1 aliphatic rings. The molecule has 1 fully saturated rings. The highest BCUT2D eigenvalue weighted by molar-refractivity contribution is 5.98. The largest absolute Gasteiger partial charge is 0.333 e. The molecule has 150 valence electrons. The molecule has 0 spiro atoms. The standard InChI is InChI=1S/C23H32N4O/c1-7-8-17(2)14-25-15-19(4)26(16-18(25)3)23(28)21-9-10-22-20(13-21)11-12-27(22)24(5)6/h7-13,18-19H,2,14-16H2,1,3-6H3/b8-7-/t18-,19?/m0/s1. The summed E-state index contributed by atoms with van der Waals surface area (Å²) in [6.07, 6.45) is 6.11. The fourth-order valence-corrected chi connectivity index (χ4v) is 4.03. The average Bonchev–Trinajstić information content (AvgIpc) is 3.07. The summed E-state index contributed by atoms with van der Waals surface area (Å²) >= 11 is 0. The van der Waals surface area contributed by atoms with Crippen LogP contribution >= 0.6 is 0 Å². The maximum Gasteiger partial charge on any atom is 0.254 e. The summed E-state index contributed by atoms with van der Waals surface area (Å²) in [5, 5.41) is 3.11. The van der Waals surface area contributed by atoms with Crippen molar-refractivity contribution >= 4 is 16.8 Å². The van der Waals surface area contributed by atoms with E-state index in [1.165, 1.54) is 0 Å². The number of amides is 1. The third-order valence-electron chi connectivity index (χ3n) is 5.53. The fourth-order valence-electron chi connectivity index (χ4n) is 4.03. The zero-order chi connectivity index (χ0) is 20.4. The minimum atomic E-state index is 0.116. The molecule has 1 amide bonds. The molecule has 0 radical (unpaired) electrons. The van der Waals surface area contributed by atoms with E-state index in [9.17, 15) is 4.79 Å². The second-order valence-electron chi connectivity index (χ2n) is 8.02. The molecule has 28 heavy (non-hydrogen) atoms. The van der Waals surface area contributed by atoms with Gasteiger partial charge < -0.3 is 9.91 Å². The molecular weight excluding hydrogens is 348 g/mol. The molecule has 5 heteroatoms. The van der Waals surface area contributed by atoms with E-state index in [0.717, 1.165) is 41.7 Å². The van der Waals surface area contributed by atoms with Crippen molar-refractivity contribution in [3.05, 3.63) is 60.3 Å². The Labute approximate surface area is 168 Å². The minimum Gasteiger partial charge on any atom is -0.333 e. The lowest BCUT2D eigenvalue weighted by Crippen LogP contribution is -2.58. The number of allylic oxidation sites excluding steroid dienone is 1. The van der Waals surface area contributed by atoms with Crippen LogP contribution in [-0.4, -0.2) is 66.2 Å². The number of nitrogens with zero attached hydrogens (tertiary/aromatic N) is 4. The molecular formula is C23H32N4O. The minimum absolute atomic E-state index is 0.116. The van der Waals surface area contributed by atoms with Gasteiger partial charge in [0.05, 0.1) is 5.52 Å². The first-order valence-electron chi connectivity index (χ1n) is 9.96. The molecule has 1 aromatic heterocycles. The van der Waals surface area contributed by atoms with E-state index in [4.69, 9.17) is 0 Å². The average molecular weight is 381 g/mol. The van der Waals surface area contributed by atoms with Crippen LogP contribution in [0.4, 0.5) is 0 Å². The monoisotopic (exact) mass is 380 g/mol. The van der Waals surface area contributed by atoms with Crippen molar-refractivity contribution in [2.75, 3.05) is 38.7 Å². The molecule has 3 rings (SSSR count). The van der Waals surface area contributed by atoms with Crippen molar-refractivity contribution < 1.29 is 4.79 Å². The summed E-state index contributed by atoms with van der Waals surface area (Å²) in [6.45, 7) is 12.9. The third kappa shape index (κ3) is 3.99. The van der Waals surface area contributed by atoms with Crippen LogP contribution in [0.1, 0.15) is 31.1 Å². The van der Waals surface area contributed by atoms with Gasteiger partial charge in [-0.25, -0.2) is 0 Å². The second kappa shape index (κ2) is 8.23. The summed E-state index contributed by atoms with van der Waals surface area (Å²) in [4.78, 5) is 17.7. The van der Waals surface area contributed by atoms with E-state index in [1.807, 2.05) is 61.4 Å². The number of aromatic nitrogens is 1. The zero-order valence-electron chi connectivity index (χ0n) is 17.7. The maximum atomic E-state index is 13.2. The first-order valence-corrected chi connectivity index (χ1v) is 9.96. The zero-order valence-corrected chi connectivity index (χ0v) is 17.7. The van der Waals surface area contributed by atoms with Crippen LogP contribution < -0.4 is 5.01 Å². The van der Waals surface area contributed by atoms with Gasteiger partial charge in [-0.15, -0.1) is 0 Å². The summed E-state index contributed by atoms with van der Waals surface area (Å²) in [5.41, 5.74) is 2.97. The Hall–Kier alpha value is -2.53. The second-order valence-corrected chi connectivity index (χ2v) is 8.02. The Morgan fingerprint density at radius 2 is 1.96 bits per heavy atom. The summed E-state index contributed by atoms with van der Waals surface area (Å²) in [7, 11) is 4.01. The fraction of sp³-hybridized carbons (Fsp3) is 0.435. The van der Waals surface area contributed by atoms with E-state index in [0.29, 0.717) is 6.04 Å². The number of fused-ring (bicyclic) bond motifs is 1. The highest BCUT2D eigenvalue weighted by atomic mass is 16.2. The highest BCUT2D eigenvalue weighted by Crippen LogP contribution is 2.22. The summed E-state index contributed by atoms with van der Waals surface area (Å²) in [6, 6.07) is 8.53. The van der Waals surface area contributed by atoms with E-state index in [-0.39, 0.29) is 11.9 Å². The third-order valence-corrected chi connectivity index (χ3v) is 5.53. The van der Waals surface area contributed by atoms with Crippen LogP contribution in [0.3, 0.4) is 0 Å². The molecule has 1 aromatic carbocycles. The van der Waals surface area contributed by atoms with Crippen molar-refractivity contribution in [1.29, 1.82) is 0 Å². The highest BCUT2D eigenvalue weighted by Gasteiger charge is 2.32. The summed E-state index contributed by atoms with van der Waals surface area (Å²) < 4.78 is 2.07. The van der Waals surface area contributed by atoms with E-state index in [1.54, 1.807) is 0 Å². The van der Waals surface area contributed by atoms with Gasteiger partial charge in [0.1, 0.15) is 0 Å². The molecule has 1 unspecified atom stereocenters. The van der Waals surface area contributed by atoms with Gasteiger partial charge in [0.25, 0.3) is 5.91 Å². The van der Waals surface area contributed by atoms with Crippen LogP contribution in [0.5, 0.6) is 0 Å². The van der Waals surface area contributed by atoms with Gasteiger partial charge in [-0.05, 0) is 50.6 Å². The lowest BCUT2D eigenvalue weighted by Gasteiger charge is -2.44. The Bertz CT molecular complexity index is 895. The van der Waals surface area contributed by atoms with Crippen LogP contribution in [0, 0.1) is 0 Å². The van der Waals surface area contributed by atoms with E-state index in [2.05, 4.69) is 42.1 Å². The number of piperazine rings is 1. The van der Waals surface area contributed by atoms with Crippen molar-refractivity contribution in [3.8, 4) is 0 Å². The molecule has 0 N–H and O–H groups in total. The van der Waals surface area contributed by atoms with Gasteiger partial charge in [0, 0.05) is 63.0 Å². The van der Waals surface area contributed by atoms with Crippen LogP contribution in [0.15, 0.2) is 54.8 Å². The number of hydrogen-bond donors (Lipinski definition) is 0. The smallest absolute Gasteiger partial charge is 0.254 e. The van der Waals surface area contributed by atoms with Crippen LogP contribution in [0.25, 0.3) is 10.9 Å². The van der Waals surface area contributed by atoms with Crippen molar-refractivity contribution in [2.24, 2.45) is 0 Å². The quantitative estimate of drug-likeness (QED) is 0.744. The van der Waals surface area contributed by atoms with Gasteiger partial charge in [0.15, 0.2) is 0 Å². The Balaban J connectivity index is 1.76. The van der Waals surface area contributed by atoms with Crippen LogP contribution in [-0.2, 0) is 0 Å². The summed E-state index contributed by atoms with van der Waals surface area (Å²) in [5.74, 6) is 0.116. The van der Waals surface area contributed by atoms with Gasteiger partial charge in [-0.3, -0.25) is 14.4 Å². The Kier molecular flexibility index (Phi) is 5.94. The number of benzene rings is 1. The molecule has 2 atom stereocenters. The molecule has 0 bridgehead atoms. The maximum absolute atomic E-state index is 13.2. The normalized spacial score (nSPS) is 20.8. The molecule has 1 saturated heterocycles. The van der Waals surface area contributed by atoms with Crippen molar-refractivity contribution in [1.82, 2.24) is 14.5 Å². The predicted molar refractivity (Wildman–Crippen MR) is 117 cm³/mol. The lowest BCUT2D eigenvalue weighted by molar-refractivity contribution is 0.0350. The molecule has 5 nitrogen and oxygen atoms in total. The van der Waals surface area contributed by atoms with Crippen LogP contribution in [0.2, 0.25) is 0 Å². The van der Waals surface area contributed by atoms with Gasteiger partial charge in [-0.1, -0.05) is 18.7 Å². The first kappa shape index (κ1) is 20.2. The molecule has 0 aliphatic carbocycles. The number of carbonyl (C=O) groups excluding carboxylic acids is 1. The molecule has 1 aliphatic heterocycles. The first-order chi connectivity index (χ1) is 13.3. The predicted octanol–water partition coefficient (Wildman–Crippen LogP) is 3.51. The molecule has 2 aromatic rings. The van der Waals surface area contributed by atoms with Crippen molar-refractivity contribution in [3.63, 3.8) is 0 Å². The SMILES string of the molecule is C=C(/C=C\C)CN1CC(C)N(C(=O)c2ccc3c(ccn3N(C)C)c2)C[C@@H]1C. The Morgan fingerprint density at radius 3 is 2.64 bits per heavy atom. The lowest BCUT2D eigenvalue weighted by atomic mass is 10.0. The van der Waals surface area contributed by atoms with Crippen molar-refractivity contribution in [2.45, 2.75) is 32.9 Å². The van der Waals surface area contributed by atoms with E-state index >= 15 is 0 Å². The topological polar surface area (TPSA) is 31.7 Å². The van der Waals surface area contributed by atoms with Gasteiger partial charge in [-0.2, -0.15) is 0 Å².